The van der Waals surface area contributed by atoms with Crippen LogP contribution in [0.1, 0.15) is 48.2 Å². The van der Waals surface area contributed by atoms with Crippen LogP contribution >= 0.6 is 11.6 Å². The van der Waals surface area contributed by atoms with E-state index in [0.29, 0.717) is 36.0 Å². The number of rotatable bonds is 5. The number of anilines is 1. The largest absolute Gasteiger partial charge is 0.488 e. The Morgan fingerprint density at radius 1 is 1.06 bits per heavy atom. The van der Waals surface area contributed by atoms with Crippen molar-refractivity contribution < 1.29 is 23.8 Å². The number of carbonyl (C=O) groups is 2. The van der Waals surface area contributed by atoms with Crippen molar-refractivity contribution in [3.8, 4) is 5.75 Å². The van der Waals surface area contributed by atoms with Gasteiger partial charge in [-0.25, -0.2) is 9.59 Å². The molecule has 0 saturated carbocycles. The second-order valence-electron chi connectivity index (χ2n) is 9.28. The first-order valence-corrected chi connectivity index (χ1v) is 11.7. The van der Waals surface area contributed by atoms with E-state index in [-0.39, 0.29) is 5.92 Å². The van der Waals surface area contributed by atoms with Crippen molar-refractivity contribution in [2.24, 2.45) is 0 Å². The number of nitrogens with zero attached hydrogens (tertiary/aromatic N) is 1. The third kappa shape index (κ3) is 4.82. The van der Waals surface area contributed by atoms with Crippen molar-refractivity contribution in [1.82, 2.24) is 0 Å². The first kappa shape index (κ1) is 23.9. The molecule has 1 aliphatic heterocycles. The van der Waals surface area contributed by atoms with Gasteiger partial charge in [0, 0.05) is 29.8 Å². The number of hydrogen-bond donors (Lipinski definition) is 0. The lowest BCUT2D eigenvalue weighted by molar-refractivity contribution is 0.0578. The number of alkyl halides is 1. The highest BCUT2D eigenvalue weighted by molar-refractivity contribution is 6.19. The predicted octanol–water partition coefficient (Wildman–Crippen LogP) is 6.28. The summed E-state index contributed by atoms with van der Waals surface area (Å²) in [5.41, 5.74) is 2.45. The van der Waals surface area contributed by atoms with Gasteiger partial charge >= 0.3 is 12.1 Å². The van der Waals surface area contributed by atoms with Gasteiger partial charge in [0.05, 0.1) is 18.4 Å². The number of methoxy groups -OCH3 is 1. The van der Waals surface area contributed by atoms with Gasteiger partial charge in [0.25, 0.3) is 0 Å². The van der Waals surface area contributed by atoms with E-state index in [1.54, 1.807) is 17.0 Å². The molecule has 4 rings (SSSR count). The molecule has 178 valence electrons. The molecule has 3 aromatic carbocycles. The van der Waals surface area contributed by atoms with Crippen LogP contribution in [-0.2, 0) is 16.1 Å². The number of ether oxygens (including phenoxy) is 3. The number of hydrogen-bond acceptors (Lipinski definition) is 5. The van der Waals surface area contributed by atoms with Crippen LogP contribution in [0.5, 0.6) is 5.75 Å². The van der Waals surface area contributed by atoms with Gasteiger partial charge in [-0.05, 0) is 49.4 Å². The molecule has 0 saturated heterocycles. The molecule has 0 spiro atoms. The van der Waals surface area contributed by atoms with Crippen LogP contribution in [0.2, 0.25) is 0 Å². The van der Waals surface area contributed by atoms with Crippen LogP contribution in [0.25, 0.3) is 10.8 Å². The van der Waals surface area contributed by atoms with Crippen molar-refractivity contribution in [3.63, 3.8) is 0 Å². The van der Waals surface area contributed by atoms with E-state index in [0.717, 1.165) is 21.9 Å². The molecule has 1 amide bonds. The van der Waals surface area contributed by atoms with E-state index in [1.165, 1.54) is 7.11 Å². The standard InChI is InChI=1S/C27H28ClNO5/c1-27(2,3)34-26(31)29-15-19(14-28)24-20-11-10-18(25(30)32-4)12-21(20)23(13-22(24)29)33-16-17-8-6-5-7-9-17/h5-13,19H,14-16H2,1-4H3. The average Bonchev–Trinajstić information content (AvgIpc) is 3.20. The quantitative estimate of drug-likeness (QED) is 0.317. The summed E-state index contributed by atoms with van der Waals surface area (Å²) >= 11 is 6.34. The minimum absolute atomic E-state index is 0.0844. The Bertz CT molecular complexity index is 1220. The molecule has 0 N–H and O–H groups in total. The number of halogens is 1. The summed E-state index contributed by atoms with van der Waals surface area (Å²) in [5, 5.41) is 1.64. The highest BCUT2D eigenvalue weighted by Gasteiger charge is 2.37. The first-order valence-electron chi connectivity index (χ1n) is 11.1. The molecule has 1 unspecified atom stereocenters. The van der Waals surface area contributed by atoms with Gasteiger partial charge in [-0.1, -0.05) is 36.4 Å². The maximum atomic E-state index is 13.1. The Balaban J connectivity index is 1.85. The SMILES string of the molecule is COC(=O)c1ccc2c3c(cc(OCc4ccccc4)c2c1)N(C(=O)OC(C)(C)C)CC3CCl. The van der Waals surface area contributed by atoms with Crippen LogP contribution in [0, 0.1) is 0 Å². The Morgan fingerprint density at radius 2 is 1.79 bits per heavy atom. The van der Waals surface area contributed by atoms with Crippen molar-refractivity contribution in [1.29, 1.82) is 0 Å². The summed E-state index contributed by atoms with van der Waals surface area (Å²) in [6, 6.07) is 17.0. The molecule has 3 aromatic rings. The number of benzene rings is 3. The van der Waals surface area contributed by atoms with Gasteiger partial charge in [-0.2, -0.15) is 0 Å². The van der Waals surface area contributed by atoms with Gasteiger partial charge in [0.1, 0.15) is 18.0 Å². The normalized spacial score (nSPS) is 15.2. The van der Waals surface area contributed by atoms with Crippen LogP contribution in [-0.4, -0.2) is 37.2 Å². The minimum atomic E-state index is -0.630. The van der Waals surface area contributed by atoms with Crippen molar-refractivity contribution >= 4 is 40.1 Å². The van der Waals surface area contributed by atoms with E-state index in [4.69, 9.17) is 25.8 Å². The van der Waals surface area contributed by atoms with E-state index in [9.17, 15) is 9.59 Å². The summed E-state index contributed by atoms with van der Waals surface area (Å²) in [6.45, 7) is 6.25. The predicted molar refractivity (Wildman–Crippen MR) is 133 cm³/mol. The maximum Gasteiger partial charge on any atom is 0.414 e. The van der Waals surface area contributed by atoms with Crippen molar-refractivity contribution in [2.75, 3.05) is 24.4 Å². The maximum absolute atomic E-state index is 13.1. The second kappa shape index (κ2) is 9.55. The molecule has 1 heterocycles. The number of fused-ring (bicyclic) bond motifs is 3. The summed E-state index contributed by atoms with van der Waals surface area (Å²) < 4.78 is 16.8. The second-order valence-corrected chi connectivity index (χ2v) is 9.58. The van der Waals surface area contributed by atoms with Gasteiger partial charge in [-0.15, -0.1) is 11.6 Å². The zero-order chi connectivity index (χ0) is 24.5. The molecule has 1 atom stereocenters. The summed E-state index contributed by atoms with van der Waals surface area (Å²) in [4.78, 5) is 26.9. The van der Waals surface area contributed by atoms with Crippen LogP contribution in [0.3, 0.4) is 0 Å². The number of carbonyl (C=O) groups excluding carboxylic acids is 2. The smallest absolute Gasteiger partial charge is 0.414 e. The minimum Gasteiger partial charge on any atom is -0.488 e. The van der Waals surface area contributed by atoms with Gasteiger partial charge in [0.15, 0.2) is 0 Å². The Hall–Kier alpha value is -3.25. The van der Waals surface area contributed by atoms with Crippen LogP contribution in [0.4, 0.5) is 10.5 Å². The Morgan fingerprint density at radius 3 is 2.44 bits per heavy atom. The molecule has 0 fully saturated rings. The summed E-state index contributed by atoms with van der Waals surface area (Å²) in [5.74, 6) is 0.385. The molecule has 6 nitrogen and oxygen atoms in total. The Labute approximate surface area is 204 Å². The van der Waals surface area contributed by atoms with Gasteiger partial charge in [-0.3, -0.25) is 4.90 Å². The van der Waals surface area contributed by atoms with E-state index in [2.05, 4.69) is 0 Å². The summed E-state index contributed by atoms with van der Waals surface area (Å²) in [7, 11) is 1.35. The van der Waals surface area contributed by atoms with E-state index in [1.807, 2.05) is 63.2 Å². The highest BCUT2D eigenvalue weighted by atomic mass is 35.5. The fourth-order valence-corrected chi connectivity index (χ4v) is 4.43. The molecule has 0 aliphatic carbocycles. The Kier molecular flexibility index (Phi) is 6.71. The molecule has 0 bridgehead atoms. The van der Waals surface area contributed by atoms with Gasteiger partial charge in [0.2, 0.25) is 0 Å². The zero-order valence-corrected chi connectivity index (χ0v) is 20.5. The third-order valence-electron chi connectivity index (χ3n) is 5.68. The lowest BCUT2D eigenvalue weighted by Crippen LogP contribution is -2.36. The highest BCUT2D eigenvalue weighted by Crippen LogP contribution is 2.46. The first-order chi connectivity index (χ1) is 16.2. The number of amides is 1. The summed E-state index contributed by atoms with van der Waals surface area (Å²) in [6.07, 6.45) is -0.430. The molecule has 0 radical (unpaired) electrons. The fraction of sp³-hybridized carbons (Fsp3) is 0.333. The molecule has 34 heavy (non-hydrogen) atoms. The van der Waals surface area contributed by atoms with Crippen LogP contribution < -0.4 is 9.64 Å². The third-order valence-corrected chi connectivity index (χ3v) is 6.05. The topological polar surface area (TPSA) is 65.1 Å². The average molecular weight is 482 g/mol. The van der Waals surface area contributed by atoms with Crippen molar-refractivity contribution in [3.05, 3.63) is 71.3 Å². The molecule has 1 aliphatic rings. The monoisotopic (exact) mass is 481 g/mol. The molecular weight excluding hydrogens is 454 g/mol. The lowest BCUT2D eigenvalue weighted by atomic mass is 9.94. The molecule has 7 heteroatoms. The molecule has 0 aromatic heterocycles. The lowest BCUT2D eigenvalue weighted by Gasteiger charge is -2.25. The van der Waals surface area contributed by atoms with Crippen LogP contribution in [0.15, 0.2) is 54.6 Å². The van der Waals surface area contributed by atoms with Crippen molar-refractivity contribution in [2.45, 2.75) is 38.9 Å². The van der Waals surface area contributed by atoms with Gasteiger partial charge < -0.3 is 14.2 Å². The molecular formula is C27H28ClNO5. The van der Waals surface area contributed by atoms with E-state index >= 15 is 0 Å². The van der Waals surface area contributed by atoms with E-state index < -0.39 is 17.7 Å². The zero-order valence-electron chi connectivity index (χ0n) is 19.8. The fourth-order valence-electron chi connectivity index (χ4n) is 4.18. The number of esters is 1.